The average Bonchev–Trinajstić information content (AvgIpc) is 3.30. The number of aromatic hydroxyl groups is 1. The monoisotopic (exact) mass is 371 g/mol. The molecule has 1 saturated heterocycles. The molecule has 1 heterocycles. The first-order valence-electron chi connectivity index (χ1n) is 8.66. The Morgan fingerprint density at radius 3 is 2.48 bits per heavy atom. The molecule has 0 unspecified atom stereocenters. The predicted molar refractivity (Wildman–Crippen MR) is 93.1 cm³/mol. The SMILES string of the molecule is CCOc1cc(/C=N\N2C(=O)[C@@H]3[C@H](C2=O)[C@H]2C=C[C@H]3C2)cc([N+](=O)[O-])c1O. The van der Waals surface area contributed by atoms with Gasteiger partial charge in [-0.2, -0.15) is 10.1 Å². The van der Waals surface area contributed by atoms with E-state index in [-0.39, 0.29) is 53.4 Å². The van der Waals surface area contributed by atoms with E-state index in [2.05, 4.69) is 5.10 Å². The van der Waals surface area contributed by atoms with Gasteiger partial charge in [-0.05, 0) is 31.2 Å². The molecule has 1 aliphatic heterocycles. The Kier molecular flexibility index (Phi) is 3.94. The molecule has 4 rings (SSSR count). The van der Waals surface area contributed by atoms with E-state index in [1.165, 1.54) is 12.3 Å². The lowest BCUT2D eigenvalue weighted by molar-refractivity contribution is -0.386. The molecule has 0 aromatic heterocycles. The molecule has 9 heteroatoms. The highest BCUT2D eigenvalue weighted by Crippen LogP contribution is 2.52. The summed E-state index contributed by atoms with van der Waals surface area (Å²) in [6, 6.07) is 2.48. The minimum Gasteiger partial charge on any atom is -0.500 e. The highest BCUT2D eigenvalue weighted by molar-refractivity contribution is 6.06. The second kappa shape index (κ2) is 6.19. The number of hydrogen-bond acceptors (Lipinski definition) is 7. The number of phenolic OH excluding ortho intramolecular Hbond substituents is 1. The highest BCUT2D eigenvalue weighted by atomic mass is 16.6. The number of hydrazone groups is 1. The van der Waals surface area contributed by atoms with Crippen LogP contribution in [0.25, 0.3) is 0 Å². The number of nitrogens with zero attached hydrogens (tertiary/aromatic N) is 3. The summed E-state index contributed by atoms with van der Waals surface area (Å²) < 4.78 is 5.21. The van der Waals surface area contributed by atoms with Gasteiger partial charge in [0.1, 0.15) is 0 Å². The zero-order chi connectivity index (χ0) is 19.3. The van der Waals surface area contributed by atoms with E-state index in [0.29, 0.717) is 0 Å². The first-order valence-corrected chi connectivity index (χ1v) is 8.66. The Hall–Kier alpha value is -3.23. The molecule has 1 N–H and O–H groups in total. The summed E-state index contributed by atoms with van der Waals surface area (Å²) >= 11 is 0. The van der Waals surface area contributed by atoms with Crippen molar-refractivity contribution in [3.63, 3.8) is 0 Å². The van der Waals surface area contributed by atoms with Crippen molar-refractivity contribution in [1.82, 2.24) is 5.01 Å². The first kappa shape index (κ1) is 17.2. The van der Waals surface area contributed by atoms with Crippen LogP contribution in [0.15, 0.2) is 29.4 Å². The Labute approximate surface area is 154 Å². The smallest absolute Gasteiger partial charge is 0.315 e. The zero-order valence-corrected chi connectivity index (χ0v) is 14.4. The zero-order valence-electron chi connectivity index (χ0n) is 14.4. The summed E-state index contributed by atoms with van der Waals surface area (Å²) in [5, 5.41) is 25.9. The van der Waals surface area contributed by atoms with E-state index in [4.69, 9.17) is 4.74 Å². The number of carbonyl (C=O) groups is 2. The van der Waals surface area contributed by atoms with E-state index < -0.39 is 16.4 Å². The van der Waals surface area contributed by atoms with Crippen LogP contribution in [0.3, 0.4) is 0 Å². The minimum absolute atomic E-state index is 0.0636. The van der Waals surface area contributed by atoms with Crippen molar-refractivity contribution in [2.24, 2.45) is 28.8 Å². The first-order chi connectivity index (χ1) is 12.9. The van der Waals surface area contributed by atoms with Crippen LogP contribution in [-0.4, -0.2) is 39.7 Å². The minimum atomic E-state index is -0.741. The van der Waals surface area contributed by atoms with E-state index in [1.54, 1.807) is 6.92 Å². The van der Waals surface area contributed by atoms with Crippen molar-refractivity contribution >= 4 is 23.7 Å². The quantitative estimate of drug-likeness (QED) is 0.277. The number of ether oxygens (including phenoxy) is 1. The van der Waals surface area contributed by atoms with Gasteiger partial charge < -0.3 is 9.84 Å². The number of benzene rings is 1. The summed E-state index contributed by atoms with van der Waals surface area (Å²) in [6.07, 6.45) is 6.00. The maximum absolute atomic E-state index is 12.6. The fourth-order valence-electron chi connectivity index (χ4n) is 4.22. The van der Waals surface area contributed by atoms with Gasteiger partial charge in [0, 0.05) is 11.6 Å². The summed E-state index contributed by atoms with van der Waals surface area (Å²) in [5.74, 6) is -1.88. The molecule has 1 saturated carbocycles. The topological polar surface area (TPSA) is 122 Å². The molecule has 2 bridgehead atoms. The lowest BCUT2D eigenvalue weighted by Gasteiger charge is -2.13. The van der Waals surface area contributed by atoms with E-state index >= 15 is 0 Å². The number of nitro benzene ring substituents is 1. The van der Waals surface area contributed by atoms with Gasteiger partial charge in [-0.25, -0.2) is 0 Å². The van der Waals surface area contributed by atoms with Crippen molar-refractivity contribution in [3.8, 4) is 11.5 Å². The number of allylic oxidation sites excluding steroid dienone is 2. The number of nitro groups is 1. The van der Waals surface area contributed by atoms with Crippen molar-refractivity contribution in [2.75, 3.05) is 6.61 Å². The largest absolute Gasteiger partial charge is 0.500 e. The standard InChI is InChI=1S/C18H17N3O6/c1-2-27-13-6-9(5-12(16(13)22)21(25)26)8-19-20-17(23)14-10-3-4-11(7-10)15(14)18(20)24/h3-6,8,10-11,14-15,22H,2,7H2,1H3/b19-8-/t10-,11-,14-,15+/m0/s1. The summed E-state index contributed by atoms with van der Waals surface area (Å²) in [6.45, 7) is 1.88. The number of rotatable bonds is 5. The maximum Gasteiger partial charge on any atom is 0.315 e. The molecule has 27 heavy (non-hydrogen) atoms. The molecule has 2 fully saturated rings. The molecular formula is C18H17N3O6. The Balaban J connectivity index is 1.63. The maximum atomic E-state index is 12.6. The number of hydrogen-bond donors (Lipinski definition) is 1. The van der Waals surface area contributed by atoms with Crippen LogP contribution in [-0.2, 0) is 9.59 Å². The summed E-state index contributed by atoms with van der Waals surface area (Å²) in [4.78, 5) is 35.6. The van der Waals surface area contributed by atoms with Crippen LogP contribution < -0.4 is 4.74 Å². The number of amides is 2. The lowest BCUT2D eigenvalue weighted by atomic mass is 9.85. The normalized spacial score (nSPS) is 28.4. The fourth-order valence-corrected chi connectivity index (χ4v) is 4.22. The molecule has 0 radical (unpaired) electrons. The molecule has 4 atom stereocenters. The Morgan fingerprint density at radius 2 is 1.93 bits per heavy atom. The van der Waals surface area contributed by atoms with E-state index in [0.717, 1.165) is 17.5 Å². The Morgan fingerprint density at radius 1 is 1.30 bits per heavy atom. The van der Waals surface area contributed by atoms with E-state index in [9.17, 15) is 24.8 Å². The van der Waals surface area contributed by atoms with Gasteiger partial charge in [0.15, 0.2) is 5.75 Å². The van der Waals surface area contributed by atoms with Crippen LogP contribution >= 0.6 is 0 Å². The molecule has 1 aromatic carbocycles. The molecule has 1 aromatic rings. The van der Waals surface area contributed by atoms with Crippen molar-refractivity contribution in [1.29, 1.82) is 0 Å². The number of carbonyl (C=O) groups excluding carboxylic acids is 2. The molecule has 3 aliphatic rings. The van der Waals surface area contributed by atoms with Crippen molar-refractivity contribution in [2.45, 2.75) is 13.3 Å². The van der Waals surface area contributed by atoms with Crippen LogP contribution in [0.4, 0.5) is 5.69 Å². The number of imide groups is 1. The lowest BCUT2D eigenvalue weighted by Crippen LogP contribution is -2.28. The van der Waals surface area contributed by atoms with Crippen LogP contribution in [0, 0.1) is 33.8 Å². The van der Waals surface area contributed by atoms with Gasteiger partial charge in [-0.1, -0.05) is 12.2 Å². The average molecular weight is 371 g/mol. The Bertz CT molecular complexity index is 879. The molecule has 2 aliphatic carbocycles. The van der Waals surface area contributed by atoms with Gasteiger partial charge in [-0.15, -0.1) is 0 Å². The number of phenols is 1. The third-order valence-corrected chi connectivity index (χ3v) is 5.34. The third-order valence-electron chi connectivity index (χ3n) is 5.34. The predicted octanol–water partition coefficient (Wildman–Crippen LogP) is 1.84. The molecular weight excluding hydrogens is 354 g/mol. The van der Waals surface area contributed by atoms with E-state index in [1.807, 2.05) is 12.2 Å². The van der Waals surface area contributed by atoms with Crippen LogP contribution in [0.5, 0.6) is 11.5 Å². The van der Waals surface area contributed by atoms with Crippen molar-refractivity contribution < 1.29 is 24.4 Å². The number of fused-ring (bicyclic) bond motifs is 5. The van der Waals surface area contributed by atoms with Gasteiger partial charge in [-0.3, -0.25) is 19.7 Å². The van der Waals surface area contributed by atoms with Gasteiger partial charge in [0.25, 0.3) is 11.8 Å². The molecule has 140 valence electrons. The second-order valence-electron chi connectivity index (χ2n) is 6.81. The summed E-state index contributed by atoms with van der Waals surface area (Å²) in [5.41, 5.74) is -0.303. The van der Waals surface area contributed by atoms with Gasteiger partial charge in [0.05, 0.1) is 29.6 Å². The fraction of sp³-hybridized carbons (Fsp3) is 0.389. The second-order valence-corrected chi connectivity index (χ2v) is 6.81. The summed E-state index contributed by atoms with van der Waals surface area (Å²) in [7, 11) is 0. The van der Waals surface area contributed by atoms with Crippen LogP contribution in [0.1, 0.15) is 18.9 Å². The molecule has 0 spiro atoms. The van der Waals surface area contributed by atoms with Crippen molar-refractivity contribution in [3.05, 3.63) is 40.0 Å². The van der Waals surface area contributed by atoms with Crippen LogP contribution in [0.2, 0.25) is 0 Å². The third kappa shape index (κ3) is 2.57. The van der Waals surface area contributed by atoms with Gasteiger partial charge >= 0.3 is 5.69 Å². The molecule has 9 nitrogen and oxygen atoms in total. The molecule has 2 amide bonds. The highest BCUT2D eigenvalue weighted by Gasteiger charge is 2.59. The van der Waals surface area contributed by atoms with Gasteiger partial charge in [0.2, 0.25) is 5.75 Å².